The van der Waals surface area contributed by atoms with Crippen LogP contribution in [-0.4, -0.2) is 36.1 Å². The van der Waals surface area contributed by atoms with Crippen LogP contribution in [0.1, 0.15) is 39.5 Å². The lowest BCUT2D eigenvalue weighted by atomic mass is 9.96. The molecule has 2 aliphatic carbocycles. The fourth-order valence-corrected chi connectivity index (χ4v) is 2.97. The van der Waals surface area contributed by atoms with E-state index in [1.54, 1.807) is 0 Å². The maximum atomic E-state index is 3.71. The molecule has 3 fully saturated rings. The summed E-state index contributed by atoms with van der Waals surface area (Å²) in [6.45, 7) is 8.55. The lowest BCUT2D eigenvalue weighted by Gasteiger charge is -2.45. The fraction of sp³-hybridized carbons (Fsp3) is 1.00. The Balaban J connectivity index is 1.65. The molecule has 0 aromatic heterocycles. The van der Waals surface area contributed by atoms with E-state index in [-0.39, 0.29) is 0 Å². The largest absolute Gasteiger partial charge is 0.309 e. The number of piperazine rings is 1. The lowest BCUT2D eigenvalue weighted by Crippen LogP contribution is -2.62. The Morgan fingerprint density at radius 1 is 1.20 bits per heavy atom. The minimum Gasteiger partial charge on any atom is -0.309 e. The second-order valence-corrected chi connectivity index (χ2v) is 6.54. The highest BCUT2D eigenvalue weighted by Crippen LogP contribution is 2.39. The van der Waals surface area contributed by atoms with Gasteiger partial charge in [-0.05, 0) is 51.4 Å². The first-order valence-electron chi connectivity index (χ1n) is 6.63. The summed E-state index contributed by atoms with van der Waals surface area (Å²) in [5.74, 6) is 2.06. The summed E-state index contributed by atoms with van der Waals surface area (Å²) in [5.41, 5.74) is 0.334. The van der Waals surface area contributed by atoms with Crippen molar-refractivity contribution < 1.29 is 0 Å². The quantitative estimate of drug-likeness (QED) is 0.761. The Kier molecular flexibility index (Phi) is 2.33. The van der Waals surface area contributed by atoms with Crippen LogP contribution in [0.5, 0.6) is 0 Å². The summed E-state index contributed by atoms with van der Waals surface area (Å²) in [6.07, 6.45) is 5.94. The van der Waals surface area contributed by atoms with Crippen LogP contribution in [-0.2, 0) is 0 Å². The topological polar surface area (TPSA) is 15.3 Å². The normalized spacial score (nSPS) is 36.8. The van der Waals surface area contributed by atoms with E-state index >= 15 is 0 Å². The van der Waals surface area contributed by atoms with E-state index in [1.165, 1.54) is 45.3 Å². The molecule has 1 aliphatic heterocycles. The Bertz CT molecular complexity index is 241. The Morgan fingerprint density at radius 2 is 1.93 bits per heavy atom. The average molecular weight is 208 g/mol. The van der Waals surface area contributed by atoms with Gasteiger partial charge in [-0.25, -0.2) is 0 Å². The third kappa shape index (κ3) is 2.36. The zero-order chi connectivity index (χ0) is 10.5. The molecule has 2 saturated carbocycles. The average Bonchev–Trinajstić information content (AvgIpc) is 2.96. The van der Waals surface area contributed by atoms with Gasteiger partial charge in [-0.1, -0.05) is 0 Å². The molecule has 0 amide bonds. The molecular formula is C13H24N2. The molecular weight excluding hydrogens is 184 g/mol. The van der Waals surface area contributed by atoms with Gasteiger partial charge in [0.1, 0.15) is 0 Å². The van der Waals surface area contributed by atoms with Gasteiger partial charge in [-0.2, -0.15) is 0 Å². The molecule has 1 heterocycles. The van der Waals surface area contributed by atoms with Gasteiger partial charge in [-0.3, -0.25) is 4.90 Å². The highest BCUT2D eigenvalue weighted by Gasteiger charge is 2.42. The predicted molar refractivity (Wildman–Crippen MR) is 62.9 cm³/mol. The Morgan fingerprint density at radius 3 is 2.53 bits per heavy atom. The monoisotopic (exact) mass is 208 g/mol. The summed E-state index contributed by atoms with van der Waals surface area (Å²) >= 11 is 0. The summed E-state index contributed by atoms with van der Waals surface area (Å²) in [5, 5.41) is 3.71. The van der Waals surface area contributed by atoms with Crippen LogP contribution in [0.4, 0.5) is 0 Å². The van der Waals surface area contributed by atoms with Gasteiger partial charge in [0.2, 0.25) is 0 Å². The van der Waals surface area contributed by atoms with E-state index in [0.717, 1.165) is 17.9 Å². The molecule has 1 N–H and O–H groups in total. The molecule has 0 spiro atoms. The molecule has 0 aromatic rings. The van der Waals surface area contributed by atoms with Crippen LogP contribution < -0.4 is 5.32 Å². The van der Waals surface area contributed by atoms with Gasteiger partial charge in [0, 0.05) is 31.2 Å². The first-order chi connectivity index (χ1) is 7.14. The number of hydrogen-bond donors (Lipinski definition) is 1. The molecule has 3 rings (SSSR count). The number of nitrogens with one attached hydrogen (secondary N) is 1. The summed E-state index contributed by atoms with van der Waals surface area (Å²) in [7, 11) is 0. The van der Waals surface area contributed by atoms with E-state index in [0.29, 0.717) is 5.54 Å². The third-order valence-electron chi connectivity index (χ3n) is 4.21. The van der Waals surface area contributed by atoms with Gasteiger partial charge in [0.25, 0.3) is 0 Å². The van der Waals surface area contributed by atoms with E-state index < -0.39 is 0 Å². The van der Waals surface area contributed by atoms with Gasteiger partial charge < -0.3 is 5.32 Å². The van der Waals surface area contributed by atoms with E-state index in [1.807, 2.05) is 0 Å². The summed E-state index contributed by atoms with van der Waals surface area (Å²) in [6, 6.07) is 0.860. The van der Waals surface area contributed by atoms with E-state index in [4.69, 9.17) is 0 Å². The number of rotatable bonds is 3. The summed E-state index contributed by atoms with van der Waals surface area (Å²) in [4.78, 5) is 2.80. The standard InChI is InChI=1S/C13H24N2/c1-13(2)9-15(8-10-3-4-10)12(7-14-13)11-5-6-11/h10-12,14H,3-9H2,1-2H3. The molecule has 0 aromatic carbocycles. The van der Waals surface area contributed by atoms with Crippen molar-refractivity contribution in [2.45, 2.75) is 51.1 Å². The predicted octanol–water partition coefficient (Wildman–Crippen LogP) is 1.86. The van der Waals surface area contributed by atoms with Gasteiger partial charge in [0.05, 0.1) is 0 Å². The van der Waals surface area contributed by atoms with Gasteiger partial charge in [-0.15, -0.1) is 0 Å². The maximum absolute atomic E-state index is 3.71. The Labute approximate surface area is 93.4 Å². The molecule has 2 heteroatoms. The van der Waals surface area contributed by atoms with Crippen molar-refractivity contribution in [3.63, 3.8) is 0 Å². The second kappa shape index (κ2) is 3.46. The molecule has 86 valence electrons. The molecule has 3 aliphatic rings. The highest BCUT2D eigenvalue weighted by molar-refractivity contribution is 4.99. The van der Waals surface area contributed by atoms with Crippen LogP contribution in [0, 0.1) is 11.8 Å². The SMILES string of the molecule is CC1(C)CN(CC2CC2)C(C2CC2)CN1. The van der Waals surface area contributed by atoms with Crippen LogP contribution in [0.15, 0.2) is 0 Å². The van der Waals surface area contributed by atoms with Crippen LogP contribution in [0.2, 0.25) is 0 Å². The lowest BCUT2D eigenvalue weighted by molar-refractivity contribution is 0.0784. The minimum atomic E-state index is 0.334. The van der Waals surface area contributed by atoms with Crippen molar-refractivity contribution in [2.75, 3.05) is 19.6 Å². The maximum Gasteiger partial charge on any atom is 0.0252 e. The number of nitrogens with zero attached hydrogens (tertiary/aromatic N) is 1. The van der Waals surface area contributed by atoms with Crippen LogP contribution >= 0.6 is 0 Å². The van der Waals surface area contributed by atoms with Crippen molar-refractivity contribution in [3.8, 4) is 0 Å². The smallest absolute Gasteiger partial charge is 0.0252 e. The number of hydrogen-bond acceptors (Lipinski definition) is 2. The van der Waals surface area contributed by atoms with Crippen molar-refractivity contribution in [1.29, 1.82) is 0 Å². The zero-order valence-corrected chi connectivity index (χ0v) is 10.1. The minimum absolute atomic E-state index is 0.334. The molecule has 0 radical (unpaired) electrons. The first kappa shape index (κ1) is 10.1. The van der Waals surface area contributed by atoms with E-state index in [9.17, 15) is 0 Å². The zero-order valence-electron chi connectivity index (χ0n) is 10.1. The molecule has 0 bridgehead atoms. The van der Waals surface area contributed by atoms with Crippen LogP contribution in [0.25, 0.3) is 0 Å². The van der Waals surface area contributed by atoms with Gasteiger partial charge >= 0.3 is 0 Å². The van der Waals surface area contributed by atoms with Crippen molar-refractivity contribution in [3.05, 3.63) is 0 Å². The highest BCUT2D eigenvalue weighted by atomic mass is 15.3. The van der Waals surface area contributed by atoms with Crippen molar-refractivity contribution >= 4 is 0 Å². The molecule has 1 saturated heterocycles. The molecule has 1 unspecified atom stereocenters. The molecule has 15 heavy (non-hydrogen) atoms. The molecule has 1 atom stereocenters. The van der Waals surface area contributed by atoms with E-state index in [2.05, 4.69) is 24.1 Å². The van der Waals surface area contributed by atoms with Crippen molar-refractivity contribution in [2.24, 2.45) is 11.8 Å². The Hall–Kier alpha value is -0.0800. The van der Waals surface area contributed by atoms with Crippen LogP contribution in [0.3, 0.4) is 0 Å². The third-order valence-corrected chi connectivity index (χ3v) is 4.21. The molecule has 2 nitrogen and oxygen atoms in total. The fourth-order valence-electron chi connectivity index (χ4n) is 2.97. The summed E-state index contributed by atoms with van der Waals surface area (Å²) < 4.78 is 0. The van der Waals surface area contributed by atoms with Crippen molar-refractivity contribution in [1.82, 2.24) is 10.2 Å². The van der Waals surface area contributed by atoms with Gasteiger partial charge in [0.15, 0.2) is 0 Å². The second-order valence-electron chi connectivity index (χ2n) is 6.54. The first-order valence-corrected chi connectivity index (χ1v) is 6.63.